The summed E-state index contributed by atoms with van der Waals surface area (Å²) in [5, 5.41) is 4.82. The second-order valence-electron chi connectivity index (χ2n) is 12.0. The van der Waals surface area contributed by atoms with Gasteiger partial charge in [-0.1, -0.05) is 103 Å². The van der Waals surface area contributed by atoms with Gasteiger partial charge >= 0.3 is 0 Å². The van der Waals surface area contributed by atoms with E-state index in [0.717, 1.165) is 44.6 Å². The van der Waals surface area contributed by atoms with Crippen molar-refractivity contribution >= 4 is 54.7 Å². The second-order valence-corrected chi connectivity index (χ2v) is 12.0. The van der Waals surface area contributed by atoms with Gasteiger partial charge < -0.3 is 13.6 Å². The minimum atomic E-state index is 0.613. The van der Waals surface area contributed by atoms with Gasteiger partial charge in [0.05, 0.1) is 27.6 Å². The zero-order valence-electron chi connectivity index (χ0n) is 25.3. The van der Waals surface area contributed by atoms with E-state index in [0.29, 0.717) is 5.89 Å². The molecule has 0 N–H and O–H groups in total. The standard InChI is InChI=1S/C43H27N3O/c1-3-13-29(14-4-1)45-38-23-10-8-18-34(38)41-31(19-12-24-39(41)45)28-25-26-36-40(27-28)47-43(44-36)35-21-11-20-33-32-17-7-9-22-37(32)46(42(33)35)30-15-5-2-6-16-30/h1-27H. The Kier molecular flexibility index (Phi) is 5.54. The van der Waals surface area contributed by atoms with E-state index in [1.54, 1.807) is 0 Å². The first-order chi connectivity index (χ1) is 23.3. The summed E-state index contributed by atoms with van der Waals surface area (Å²) in [6, 6.07) is 57.7. The molecule has 4 nitrogen and oxygen atoms in total. The molecule has 0 saturated heterocycles. The number of rotatable bonds is 4. The topological polar surface area (TPSA) is 35.9 Å². The third-order valence-corrected chi connectivity index (χ3v) is 9.35. The van der Waals surface area contributed by atoms with E-state index in [1.807, 2.05) is 0 Å². The average Bonchev–Trinajstić information content (AvgIpc) is 3.82. The van der Waals surface area contributed by atoms with Crippen molar-refractivity contribution in [3.63, 3.8) is 0 Å². The van der Waals surface area contributed by atoms with Crippen LogP contribution in [0, 0.1) is 0 Å². The van der Waals surface area contributed by atoms with Crippen molar-refractivity contribution in [3.05, 3.63) is 164 Å². The zero-order chi connectivity index (χ0) is 30.9. The minimum Gasteiger partial charge on any atom is -0.436 e. The maximum Gasteiger partial charge on any atom is 0.229 e. The lowest BCUT2D eigenvalue weighted by atomic mass is 9.99. The summed E-state index contributed by atoms with van der Waals surface area (Å²) in [7, 11) is 0. The van der Waals surface area contributed by atoms with Gasteiger partial charge in [-0.05, 0) is 71.8 Å². The molecule has 10 rings (SSSR count). The maximum atomic E-state index is 6.66. The summed E-state index contributed by atoms with van der Waals surface area (Å²) in [5.74, 6) is 0.613. The quantitative estimate of drug-likeness (QED) is 0.201. The highest BCUT2D eigenvalue weighted by Crippen LogP contribution is 2.41. The van der Waals surface area contributed by atoms with Gasteiger partial charge in [0.25, 0.3) is 0 Å². The smallest absolute Gasteiger partial charge is 0.229 e. The zero-order valence-corrected chi connectivity index (χ0v) is 25.3. The molecule has 7 aromatic carbocycles. The van der Waals surface area contributed by atoms with Gasteiger partial charge in [-0.25, -0.2) is 4.98 Å². The predicted octanol–water partition coefficient (Wildman–Crippen LogP) is 11.4. The number of hydrogen-bond donors (Lipinski definition) is 0. The molecule has 0 bridgehead atoms. The molecule has 220 valence electrons. The molecule has 10 aromatic rings. The van der Waals surface area contributed by atoms with Crippen LogP contribution in [0.15, 0.2) is 168 Å². The molecule has 0 amide bonds. The minimum absolute atomic E-state index is 0.613. The van der Waals surface area contributed by atoms with Crippen molar-refractivity contribution in [1.82, 2.24) is 14.1 Å². The van der Waals surface area contributed by atoms with Crippen LogP contribution in [0.5, 0.6) is 0 Å². The number of benzene rings is 7. The Morgan fingerprint density at radius 2 is 1.04 bits per heavy atom. The van der Waals surface area contributed by atoms with E-state index < -0.39 is 0 Å². The van der Waals surface area contributed by atoms with E-state index in [1.165, 1.54) is 38.1 Å². The van der Waals surface area contributed by atoms with E-state index in [4.69, 9.17) is 9.40 Å². The van der Waals surface area contributed by atoms with Crippen LogP contribution in [-0.2, 0) is 0 Å². The van der Waals surface area contributed by atoms with E-state index in [9.17, 15) is 0 Å². The summed E-state index contributed by atoms with van der Waals surface area (Å²) in [4.78, 5) is 5.04. The first-order valence-electron chi connectivity index (χ1n) is 15.9. The van der Waals surface area contributed by atoms with Crippen LogP contribution in [0.4, 0.5) is 0 Å². The van der Waals surface area contributed by atoms with Crippen molar-refractivity contribution in [2.75, 3.05) is 0 Å². The summed E-state index contributed by atoms with van der Waals surface area (Å²) in [5.41, 5.74) is 11.7. The molecule has 0 saturated carbocycles. The van der Waals surface area contributed by atoms with E-state index in [2.05, 4.69) is 173 Å². The first-order valence-corrected chi connectivity index (χ1v) is 15.9. The van der Waals surface area contributed by atoms with Gasteiger partial charge in [0.15, 0.2) is 5.58 Å². The lowest BCUT2D eigenvalue weighted by Gasteiger charge is -2.09. The number of fused-ring (bicyclic) bond motifs is 7. The Labute approximate surface area is 270 Å². The Balaban J connectivity index is 1.18. The molecule has 0 unspecified atom stereocenters. The molecule has 0 atom stereocenters. The summed E-state index contributed by atoms with van der Waals surface area (Å²) in [6.45, 7) is 0. The summed E-state index contributed by atoms with van der Waals surface area (Å²) < 4.78 is 11.3. The average molecular weight is 602 g/mol. The van der Waals surface area contributed by atoms with Crippen LogP contribution in [0.25, 0.3) is 88.7 Å². The van der Waals surface area contributed by atoms with Gasteiger partial charge in [0.1, 0.15) is 5.52 Å². The molecule has 4 heteroatoms. The summed E-state index contributed by atoms with van der Waals surface area (Å²) >= 11 is 0. The molecule has 0 aliphatic rings. The SMILES string of the molecule is c1ccc(-n2c3ccccc3c3c(-c4ccc5nc(-c6cccc7c8ccccc8n(-c8ccccc8)c67)oc5c4)cccc32)cc1. The van der Waals surface area contributed by atoms with E-state index in [-0.39, 0.29) is 0 Å². The van der Waals surface area contributed by atoms with Crippen molar-refractivity contribution in [1.29, 1.82) is 0 Å². The lowest BCUT2D eigenvalue weighted by molar-refractivity contribution is 0.620. The largest absolute Gasteiger partial charge is 0.436 e. The molecule has 0 aliphatic carbocycles. The maximum absolute atomic E-state index is 6.66. The number of para-hydroxylation sites is 5. The normalized spacial score (nSPS) is 11.8. The number of oxazole rings is 1. The lowest BCUT2D eigenvalue weighted by Crippen LogP contribution is -1.95. The molecule has 47 heavy (non-hydrogen) atoms. The number of nitrogens with zero attached hydrogens (tertiary/aromatic N) is 3. The Bertz CT molecular complexity index is 2780. The number of aromatic nitrogens is 3. The molecule has 0 radical (unpaired) electrons. The van der Waals surface area contributed by atoms with Crippen molar-refractivity contribution in [2.24, 2.45) is 0 Å². The van der Waals surface area contributed by atoms with E-state index >= 15 is 0 Å². The van der Waals surface area contributed by atoms with Gasteiger partial charge in [-0.3, -0.25) is 0 Å². The van der Waals surface area contributed by atoms with Gasteiger partial charge in [-0.2, -0.15) is 0 Å². The van der Waals surface area contributed by atoms with Crippen LogP contribution in [0.1, 0.15) is 0 Å². The Morgan fingerprint density at radius 3 is 1.83 bits per heavy atom. The predicted molar refractivity (Wildman–Crippen MR) is 194 cm³/mol. The fraction of sp³-hybridized carbons (Fsp3) is 0. The van der Waals surface area contributed by atoms with Gasteiger partial charge in [-0.15, -0.1) is 0 Å². The third-order valence-electron chi connectivity index (χ3n) is 9.35. The first kappa shape index (κ1) is 25.9. The highest BCUT2D eigenvalue weighted by atomic mass is 16.3. The van der Waals surface area contributed by atoms with Crippen LogP contribution in [-0.4, -0.2) is 14.1 Å². The van der Waals surface area contributed by atoms with Crippen molar-refractivity contribution in [3.8, 4) is 34.0 Å². The van der Waals surface area contributed by atoms with Crippen LogP contribution in [0.2, 0.25) is 0 Å². The highest BCUT2D eigenvalue weighted by molar-refractivity contribution is 6.16. The molecule has 0 fully saturated rings. The van der Waals surface area contributed by atoms with Crippen molar-refractivity contribution in [2.45, 2.75) is 0 Å². The molecule has 3 heterocycles. The molecular weight excluding hydrogens is 574 g/mol. The summed E-state index contributed by atoms with van der Waals surface area (Å²) in [6.07, 6.45) is 0. The molecule has 3 aromatic heterocycles. The monoisotopic (exact) mass is 601 g/mol. The highest BCUT2D eigenvalue weighted by Gasteiger charge is 2.20. The third kappa shape index (κ3) is 3.85. The fourth-order valence-corrected chi connectivity index (χ4v) is 7.36. The van der Waals surface area contributed by atoms with Gasteiger partial charge in [0, 0.05) is 32.9 Å². The molecule has 0 spiro atoms. The molecular formula is C43H27N3O. The Morgan fingerprint density at radius 1 is 0.447 bits per heavy atom. The second kappa shape index (κ2) is 10.1. The molecule has 0 aliphatic heterocycles. The number of hydrogen-bond acceptors (Lipinski definition) is 2. The van der Waals surface area contributed by atoms with Crippen molar-refractivity contribution < 1.29 is 4.42 Å². The van der Waals surface area contributed by atoms with Gasteiger partial charge in [0.2, 0.25) is 5.89 Å². The van der Waals surface area contributed by atoms with Crippen LogP contribution < -0.4 is 0 Å². The fourth-order valence-electron chi connectivity index (χ4n) is 7.36. The van der Waals surface area contributed by atoms with Crippen LogP contribution in [0.3, 0.4) is 0 Å². The van der Waals surface area contributed by atoms with Crippen LogP contribution >= 0.6 is 0 Å². The Hall–Kier alpha value is -6.39.